The van der Waals surface area contributed by atoms with Crippen molar-refractivity contribution in [3.63, 3.8) is 0 Å². The Morgan fingerprint density at radius 3 is 2.34 bits per heavy atom. The third kappa shape index (κ3) is 4.30. The van der Waals surface area contributed by atoms with E-state index in [1.165, 1.54) is 12.8 Å². The van der Waals surface area contributed by atoms with Crippen LogP contribution in [0.15, 0.2) is 97.3 Å². The van der Waals surface area contributed by atoms with Crippen LogP contribution < -0.4 is 15.0 Å². The van der Waals surface area contributed by atoms with E-state index in [1.807, 2.05) is 24.4 Å². The number of rotatable bonds is 6. The summed E-state index contributed by atoms with van der Waals surface area (Å²) in [6.07, 6.45) is 9.09. The molecule has 1 N–H and O–H groups in total. The van der Waals surface area contributed by atoms with Gasteiger partial charge in [0, 0.05) is 29.5 Å². The van der Waals surface area contributed by atoms with Gasteiger partial charge in [0.05, 0.1) is 17.8 Å². The number of hydrogen-bond donors (Lipinski definition) is 1. The van der Waals surface area contributed by atoms with Crippen LogP contribution in [0.25, 0.3) is 5.69 Å². The first-order chi connectivity index (χ1) is 17.3. The van der Waals surface area contributed by atoms with Gasteiger partial charge in [0.2, 0.25) is 0 Å². The first-order valence-electron chi connectivity index (χ1n) is 12.3. The zero-order chi connectivity index (χ0) is 23.6. The van der Waals surface area contributed by atoms with Crippen molar-refractivity contribution in [1.82, 2.24) is 14.9 Å². The van der Waals surface area contributed by atoms with Gasteiger partial charge in [0.15, 0.2) is 5.11 Å². The number of nitrogens with zero attached hydrogens (tertiary/aromatic N) is 3. The topological polar surface area (TPSA) is 42.3 Å². The number of aromatic nitrogens is 2. The number of pyridine rings is 1. The van der Waals surface area contributed by atoms with Crippen LogP contribution in [0.1, 0.15) is 49.2 Å². The van der Waals surface area contributed by atoms with Gasteiger partial charge in [-0.2, -0.15) is 0 Å². The molecule has 2 fully saturated rings. The van der Waals surface area contributed by atoms with Gasteiger partial charge in [-0.3, -0.25) is 4.98 Å². The molecular weight excluding hydrogens is 452 g/mol. The second-order valence-corrected chi connectivity index (χ2v) is 9.54. The van der Waals surface area contributed by atoms with E-state index in [0.29, 0.717) is 11.2 Å². The molecule has 4 aromatic rings. The number of ether oxygens (including phenoxy) is 1. The summed E-state index contributed by atoms with van der Waals surface area (Å²) in [7, 11) is 0. The Kier molecular flexibility index (Phi) is 5.96. The van der Waals surface area contributed by atoms with Crippen LogP contribution in [0.4, 0.5) is 5.69 Å². The molecule has 1 aliphatic carbocycles. The number of anilines is 1. The summed E-state index contributed by atoms with van der Waals surface area (Å²) < 4.78 is 8.44. The van der Waals surface area contributed by atoms with Gasteiger partial charge in [-0.05, 0) is 98.6 Å². The molecule has 2 atom stereocenters. The molecule has 176 valence electrons. The Labute approximate surface area is 211 Å². The normalized spacial score (nSPS) is 20.2. The van der Waals surface area contributed by atoms with Crippen LogP contribution in [0.2, 0.25) is 0 Å². The molecule has 35 heavy (non-hydrogen) atoms. The van der Waals surface area contributed by atoms with E-state index in [4.69, 9.17) is 17.0 Å². The lowest BCUT2D eigenvalue weighted by molar-refractivity contribution is 0.210. The number of para-hydroxylation sites is 1. The first kappa shape index (κ1) is 21.9. The van der Waals surface area contributed by atoms with Gasteiger partial charge < -0.3 is 19.5 Å². The Hall–Kier alpha value is -3.64. The van der Waals surface area contributed by atoms with Crippen LogP contribution in [0.3, 0.4) is 0 Å². The second-order valence-electron chi connectivity index (χ2n) is 9.15. The maximum Gasteiger partial charge on any atom is 0.174 e. The molecule has 6 rings (SSSR count). The summed E-state index contributed by atoms with van der Waals surface area (Å²) in [4.78, 5) is 6.89. The van der Waals surface area contributed by atoms with E-state index in [2.05, 4.69) is 92.7 Å². The summed E-state index contributed by atoms with van der Waals surface area (Å²) in [5.74, 6) is 0.921. The third-order valence-electron chi connectivity index (χ3n) is 6.94. The van der Waals surface area contributed by atoms with E-state index in [9.17, 15) is 0 Å². The fraction of sp³-hybridized carbons (Fsp3) is 0.241. The van der Waals surface area contributed by atoms with Gasteiger partial charge in [-0.1, -0.05) is 24.3 Å². The van der Waals surface area contributed by atoms with Crippen molar-refractivity contribution in [3.05, 3.63) is 109 Å². The highest BCUT2D eigenvalue weighted by molar-refractivity contribution is 7.80. The highest BCUT2D eigenvalue weighted by Gasteiger charge is 2.42. The van der Waals surface area contributed by atoms with Crippen molar-refractivity contribution >= 4 is 23.0 Å². The maximum absolute atomic E-state index is 6.21. The Morgan fingerprint density at radius 1 is 0.829 bits per heavy atom. The van der Waals surface area contributed by atoms with E-state index < -0.39 is 0 Å². The van der Waals surface area contributed by atoms with Gasteiger partial charge in [-0.25, -0.2) is 0 Å². The van der Waals surface area contributed by atoms with Gasteiger partial charge >= 0.3 is 0 Å². The summed E-state index contributed by atoms with van der Waals surface area (Å²) in [5.41, 5.74) is 4.26. The molecule has 2 aliphatic rings. The highest BCUT2D eigenvalue weighted by atomic mass is 32.1. The predicted molar refractivity (Wildman–Crippen MR) is 143 cm³/mol. The van der Waals surface area contributed by atoms with Crippen molar-refractivity contribution in [2.24, 2.45) is 0 Å². The SMILES string of the molecule is S=C1N[C@H](c2ccccn2)[C@@H](c2cccn2-c2ccccc2)N1c1ccc(OC2CCCC2)cc1. The largest absolute Gasteiger partial charge is 0.490 e. The average molecular weight is 481 g/mol. The Morgan fingerprint density at radius 2 is 1.60 bits per heavy atom. The van der Waals surface area contributed by atoms with E-state index in [1.54, 1.807) is 0 Å². The molecule has 3 heterocycles. The highest BCUT2D eigenvalue weighted by Crippen LogP contribution is 2.42. The number of nitrogens with one attached hydrogen (secondary N) is 1. The second kappa shape index (κ2) is 9.55. The standard InChI is InChI=1S/C29H28N4OS/c35-29-31-27(25-13-6-7-19-30-25)28(26-14-8-20-32(26)21-9-2-1-3-10-21)33(29)22-15-17-24(18-16-22)34-23-11-4-5-12-23/h1-3,6-10,13-20,23,27-28H,4-5,11-12H2,(H,31,35)/t27-,28-/m1/s1. The number of thiocarbonyl (C=S) groups is 1. The smallest absolute Gasteiger partial charge is 0.174 e. The first-order valence-corrected chi connectivity index (χ1v) is 12.7. The minimum Gasteiger partial charge on any atom is -0.490 e. The molecule has 0 bridgehead atoms. The van der Waals surface area contributed by atoms with E-state index >= 15 is 0 Å². The lowest BCUT2D eigenvalue weighted by Crippen LogP contribution is -2.30. The lowest BCUT2D eigenvalue weighted by atomic mass is 10.0. The summed E-state index contributed by atoms with van der Waals surface area (Å²) >= 11 is 5.91. The molecular formula is C29H28N4OS. The zero-order valence-corrected chi connectivity index (χ0v) is 20.3. The lowest BCUT2D eigenvalue weighted by Gasteiger charge is -2.29. The molecule has 2 aromatic heterocycles. The average Bonchev–Trinajstić information content (AvgIpc) is 3.66. The number of benzene rings is 2. The van der Waals surface area contributed by atoms with Crippen molar-refractivity contribution in [2.45, 2.75) is 43.9 Å². The van der Waals surface area contributed by atoms with Crippen LogP contribution in [-0.4, -0.2) is 20.8 Å². The van der Waals surface area contributed by atoms with Gasteiger partial charge in [0.1, 0.15) is 11.8 Å². The molecule has 0 unspecified atom stereocenters. The number of hydrogen-bond acceptors (Lipinski definition) is 3. The molecule has 6 heteroatoms. The monoisotopic (exact) mass is 480 g/mol. The van der Waals surface area contributed by atoms with Crippen LogP contribution in [0, 0.1) is 0 Å². The summed E-state index contributed by atoms with van der Waals surface area (Å²) in [6.45, 7) is 0. The molecule has 2 aromatic carbocycles. The molecule has 0 spiro atoms. The predicted octanol–water partition coefficient (Wildman–Crippen LogP) is 6.37. The fourth-order valence-electron chi connectivity index (χ4n) is 5.28. The summed E-state index contributed by atoms with van der Waals surface area (Å²) in [5, 5.41) is 4.25. The molecule has 1 saturated heterocycles. The quantitative estimate of drug-likeness (QED) is 0.325. The summed E-state index contributed by atoms with van der Waals surface area (Å²) in [6, 6.07) is 28.9. The molecule has 1 aliphatic heterocycles. The van der Waals surface area contributed by atoms with Crippen molar-refractivity contribution in [2.75, 3.05) is 4.90 Å². The van der Waals surface area contributed by atoms with Crippen LogP contribution in [0.5, 0.6) is 5.75 Å². The van der Waals surface area contributed by atoms with Crippen LogP contribution >= 0.6 is 12.2 Å². The Bertz CT molecular complexity index is 1280. The fourth-order valence-corrected chi connectivity index (χ4v) is 5.62. The van der Waals surface area contributed by atoms with E-state index in [-0.39, 0.29) is 12.1 Å². The van der Waals surface area contributed by atoms with Crippen molar-refractivity contribution < 1.29 is 4.74 Å². The van der Waals surface area contributed by atoms with Crippen LogP contribution in [-0.2, 0) is 0 Å². The molecule has 1 saturated carbocycles. The zero-order valence-electron chi connectivity index (χ0n) is 19.5. The molecule has 0 amide bonds. The third-order valence-corrected chi connectivity index (χ3v) is 7.25. The minimum atomic E-state index is -0.0875. The maximum atomic E-state index is 6.21. The Balaban J connectivity index is 1.39. The van der Waals surface area contributed by atoms with Gasteiger partial charge in [-0.15, -0.1) is 0 Å². The molecule has 5 nitrogen and oxygen atoms in total. The van der Waals surface area contributed by atoms with Gasteiger partial charge in [0.25, 0.3) is 0 Å². The van der Waals surface area contributed by atoms with Crippen molar-refractivity contribution in [1.29, 1.82) is 0 Å². The van der Waals surface area contributed by atoms with Crippen molar-refractivity contribution in [3.8, 4) is 11.4 Å². The molecule has 0 radical (unpaired) electrons. The minimum absolute atomic E-state index is 0.0748. The van der Waals surface area contributed by atoms with E-state index in [0.717, 1.165) is 41.4 Å².